The summed E-state index contributed by atoms with van der Waals surface area (Å²) in [6.07, 6.45) is 3.42. The fourth-order valence-electron chi connectivity index (χ4n) is 2.59. The normalized spacial score (nSPS) is 10.3. The van der Waals surface area contributed by atoms with Gasteiger partial charge in [-0.1, -0.05) is 42.5 Å². The minimum absolute atomic E-state index is 0.526. The summed E-state index contributed by atoms with van der Waals surface area (Å²) in [5.74, 6) is 2.11. The van der Waals surface area contributed by atoms with Crippen molar-refractivity contribution in [2.24, 2.45) is 0 Å². The number of aromatic nitrogens is 3. The summed E-state index contributed by atoms with van der Waals surface area (Å²) in [6, 6.07) is 18.4. The largest absolute Gasteiger partial charge is 0.497 e. The van der Waals surface area contributed by atoms with E-state index in [1.165, 1.54) is 11.1 Å². The van der Waals surface area contributed by atoms with E-state index in [1.807, 2.05) is 36.4 Å². The maximum Gasteiger partial charge on any atom is 0.244 e. The first-order valence-electron chi connectivity index (χ1n) is 8.68. The van der Waals surface area contributed by atoms with Crippen LogP contribution in [0.4, 0.5) is 11.8 Å². The molecule has 0 bridgehead atoms. The Labute approximate surface area is 153 Å². The highest BCUT2D eigenvalue weighted by molar-refractivity contribution is 5.37. The first-order valence-corrected chi connectivity index (χ1v) is 8.68. The Morgan fingerprint density at radius 2 is 1.65 bits per heavy atom. The molecular weight excluding hydrogens is 326 g/mol. The summed E-state index contributed by atoms with van der Waals surface area (Å²) in [6.45, 7) is 1.52. The molecule has 0 aliphatic carbocycles. The molecule has 6 nitrogen and oxygen atoms in total. The molecule has 0 fully saturated rings. The third-order valence-electron chi connectivity index (χ3n) is 3.95. The van der Waals surface area contributed by atoms with Gasteiger partial charge in [-0.3, -0.25) is 0 Å². The van der Waals surface area contributed by atoms with Crippen molar-refractivity contribution in [2.75, 3.05) is 30.8 Å². The number of hydrogen-bond acceptors (Lipinski definition) is 6. The van der Waals surface area contributed by atoms with E-state index >= 15 is 0 Å². The second kappa shape index (κ2) is 9.36. The van der Waals surface area contributed by atoms with Gasteiger partial charge in [0, 0.05) is 13.1 Å². The zero-order valence-corrected chi connectivity index (χ0v) is 14.9. The Morgan fingerprint density at radius 1 is 0.885 bits per heavy atom. The van der Waals surface area contributed by atoms with Crippen LogP contribution in [0.5, 0.6) is 5.75 Å². The molecule has 134 valence electrons. The van der Waals surface area contributed by atoms with Crippen LogP contribution in [0, 0.1) is 0 Å². The quantitative estimate of drug-likeness (QED) is 0.618. The molecule has 1 aromatic heterocycles. The highest BCUT2D eigenvalue weighted by Crippen LogP contribution is 2.13. The van der Waals surface area contributed by atoms with Crippen LogP contribution in [0.3, 0.4) is 0 Å². The van der Waals surface area contributed by atoms with E-state index in [2.05, 4.69) is 44.0 Å². The monoisotopic (exact) mass is 349 g/mol. The minimum atomic E-state index is 0.526. The molecule has 0 atom stereocenters. The highest BCUT2D eigenvalue weighted by Gasteiger charge is 2.01. The smallest absolute Gasteiger partial charge is 0.244 e. The molecule has 0 aliphatic heterocycles. The van der Waals surface area contributed by atoms with Crippen molar-refractivity contribution in [1.82, 2.24) is 15.2 Å². The summed E-state index contributed by atoms with van der Waals surface area (Å²) in [5.41, 5.74) is 2.49. The SMILES string of the molecule is COc1cccc(CCNc2nncc(NCCc3ccccc3)n2)c1. The average molecular weight is 349 g/mol. The van der Waals surface area contributed by atoms with E-state index in [-0.39, 0.29) is 0 Å². The van der Waals surface area contributed by atoms with Crippen molar-refractivity contribution < 1.29 is 4.74 Å². The van der Waals surface area contributed by atoms with Crippen molar-refractivity contribution in [2.45, 2.75) is 12.8 Å². The number of benzene rings is 2. The van der Waals surface area contributed by atoms with Gasteiger partial charge in [-0.15, -0.1) is 5.10 Å². The second-order valence-electron chi connectivity index (χ2n) is 5.86. The third kappa shape index (κ3) is 5.44. The van der Waals surface area contributed by atoms with E-state index in [1.54, 1.807) is 13.3 Å². The summed E-state index contributed by atoms with van der Waals surface area (Å²) < 4.78 is 5.24. The molecule has 0 saturated carbocycles. The van der Waals surface area contributed by atoms with E-state index < -0.39 is 0 Å². The van der Waals surface area contributed by atoms with Gasteiger partial charge in [0.2, 0.25) is 5.95 Å². The number of ether oxygens (including phenoxy) is 1. The first-order chi connectivity index (χ1) is 12.8. The molecule has 1 heterocycles. The van der Waals surface area contributed by atoms with Gasteiger partial charge in [0.25, 0.3) is 0 Å². The van der Waals surface area contributed by atoms with Gasteiger partial charge in [0.05, 0.1) is 13.3 Å². The van der Waals surface area contributed by atoms with Gasteiger partial charge >= 0.3 is 0 Å². The van der Waals surface area contributed by atoms with Crippen molar-refractivity contribution in [3.05, 3.63) is 71.9 Å². The lowest BCUT2D eigenvalue weighted by Gasteiger charge is -2.08. The van der Waals surface area contributed by atoms with Crippen molar-refractivity contribution >= 4 is 11.8 Å². The van der Waals surface area contributed by atoms with Crippen molar-refractivity contribution in [3.63, 3.8) is 0 Å². The van der Waals surface area contributed by atoms with E-state index in [0.29, 0.717) is 5.95 Å². The van der Waals surface area contributed by atoms with Crippen LogP contribution >= 0.6 is 0 Å². The van der Waals surface area contributed by atoms with Crippen molar-refractivity contribution in [1.29, 1.82) is 0 Å². The van der Waals surface area contributed by atoms with E-state index in [0.717, 1.165) is 37.5 Å². The van der Waals surface area contributed by atoms with Gasteiger partial charge in [0.1, 0.15) is 5.75 Å². The Kier molecular flexibility index (Phi) is 6.36. The standard InChI is InChI=1S/C20H23N5O/c1-26-18-9-5-8-17(14-18)11-13-22-20-24-19(15-23-25-20)21-12-10-16-6-3-2-4-7-16/h2-9,14-15H,10-13H2,1H3,(H2,21,22,24,25). The minimum Gasteiger partial charge on any atom is -0.497 e. The van der Waals surface area contributed by atoms with Crippen LogP contribution in [0.15, 0.2) is 60.8 Å². The number of nitrogens with zero attached hydrogens (tertiary/aromatic N) is 3. The molecule has 26 heavy (non-hydrogen) atoms. The fraction of sp³-hybridized carbons (Fsp3) is 0.250. The molecule has 3 aromatic rings. The van der Waals surface area contributed by atoms with Gasteiger partial charge in [-0.25, -0.2) is 0 Å². The van der Waals surface area contributed by atoms with Crippen LogP contribution in [0.1, 0.15) is 11.1 Å². The van der Waals surface area contributed by atoms with Gasteiger partial charge in [-0.2, -0.15) is 10.1 Å². The average Bonchev–Trinajstić information content (AvgIpc) is 2.69. The molecule has 3 rings (SSSR count). The molecule has 0 aliphatic rings. The van der Waals surface area contributed by atoms with Crippen LogP contribution in [0.25, 0.3) is 0 Å². The third-order valence-corrected chi connectivity index (χ3v) is 3.95. The number of nitrogens with one attached hydrogen (secondary N) is 2. The molecule has 0 saturated heterocycles. The number of methoxy groups -OCH3 is 1. The highest BCUT2D eigenvalue weighted by atomic mass is 16.5. The summed E-state index contributed by atoms with van der Waals surface area (Å²) in [4.78, 5) is 4.45. The van der Waals surface area contributed by atoms with Gasteiger partial charge < -0.3 is 15.4 Å². The lowest BCUT2D eigenvalue weighted by atomic mass is 10.1. The summed E-state index contributed by atoms with van der Waals surface area (Å²) >= 11 is 0. The fourth-order valence-corrected chi connectivity index (χ4v) is 2.59. The predicted octanol–water partition coefficient (Wildman–Crippen LogP) is 3.19. The van der Waals surface area contributed by atoms with Crippen LogP contribution in [0.2, 0.25) is 0 Å². The molecular formula is C20H23N5O. The maximum atomic E-state index is 5.24. The molecule has 2 N–H and O–H groups in total. The number of hydrogen-bond donors (Lipinski definition) is 2. The molecule has 0 spiro atoms. The Bertz CT molecular complexity index is 810. The zero-order valence-electron chi connectivity index (χ0n) is 14.9. The van der Waals surface area contributed by atoms with Gasteiger partial charge in [0.15, 0.2) is 5.82 Å². The first kappa shape index (κ1) is 17.7. The number of rotatable bonds is 9. The Morgan fingerprint density at radius 3 is 2.50 bits per heavy atom. The van der Waals surface area contributed by atoms with Crippen LogP contribution in [-0.2, 0) is 12.8 Å². The Balaban J connectivity index is 1.46. The molecule has 0 unspecified atom stereocenters. The lowest BCUT2D eigenvalue weighted by molar-refractivity contribution is 0.414. The lowest BCUT2D eigenvalue weighted by Crippen LogP contribution is -2.12. The van der Waals surface area contributed by atoms with Crippen molar-refractivity contribution in [3.8, 4) is 5.75 Å². The summed E-state index contributed by atoms with van der Waals surface area (Å²) in [7, 11) is 1.67. The molecule has 2 aromatic carbocycles. The van der Waals surface area contributed by atoms with E-state index in [9.17, 15) is 0 Å². The second-order valence-corrected chi connectivity index (χ2v) is 5.86. The predicted molar refractivity (Wildman–Crippen MR) is 104 cm³/mol. The van der Waals surface area contributed by atoms with Crippen LogP contribution in [-0.4, -0.2) is 35.4 Å². The molecule has 0 amide bonds. The molecule has 0 radical (unpaired) electrons. The van der Waals surface area contributed by atoms with E-state index in [4.69, 9.17) is 4.74 Å². The maximum absolute atomic E-state index is 5.24. The van der Waals surface area contributed by atoms with Gasteiger partial charge in [-0.05, 0) is 36.1 Å². The molecule has 6 heteroatoms. The topological polar surface area (TPSA) is 72.0 Å². The zero-order chi connectivity index (χ0) is 18.0. The van der Waals surface area contributed by atoms with Crippen LogP contribution < -0.4 is 15.4 Å². The number of anilines is 2. The Hall–Kier alpha value is -3.15. The summed E-state index contributed by atoms with van der Waals surface area (Å²) in [5, 5.41) is 14.5.